The molecule has 1 heterocycles. The quantitative estimate of drug-likeness (QED) is 0.342. The maximum absolute atomic E-state index is 9.64. The van der Waals surface area contributed by atoms with E-state index in [2.05, 4.69) is 26.0 Å². The molecule has 0 spiro atoms. The SMILES string of the molecule is CC(O)C1CCN(c2ccc(/C(N)=N/O)cc2Br)C1. The molecule has 2 atom stereocenters. The van der Waals surface area contributed by atoms with Crippen LogP contribution >= 0.6 is 15.9 Å². The average molecular weight is 328 g/mol. The summed E-state index contributed by atoms with van der Waals surface area (Å²) in [7, 11) is 0. The zero-order valence-electron chi connectivity index (χ0n) is 10.8. The van der Waals surface area contributed by atoms with Gasteiger partial charge in [-0.05, 0) is 47.5 Å². The Morgan fingerprint density at radius 1 is 1.58 bits per heavy atom. The normalized spacial score (nSPS) is 21.7. The summed E-state index contributed by atoms with van der Waals surface area (Å²) in [6.45, 7) is 3.61. The Morgan fingerprint density at radius 3 is 2.84 bits per heavy atom. The van der Waals surface area contributed by atoms with Gasteiger partial charge in [-0.25, -0.2) is 0 Å². The van der Waals surface area contributed by atoms with E-state index >= 15 is 0 Å². The molecule has 0 saturated carbocycles. The number of nitrogens with zero attached hydrogens (tertiary/aromatic N) is 2. The first kappa shape index (κ1) is 14.1. The molecule has 104 valence electrons. The number of benzene rings is 1. The molecule has 19 heavy (non-hydrogen) atoms. The Bertz CT molecular complexity index is 491. The van der Waals surface area contributed by atoms with Gasteiger partial charge in [0.25, 0.3) is 0 Å². The third-order valence-corrected chi connectivity index (χ3v) is 4.23. The third-order valence-electron chi connectivity index (χ3n) is 3.60. The van der Waals surface area contributed by atoms with E-state index in [0.717, 1.165) is 29.7 Å². The number of rotatable bonds is 3. The molecule has 0 amide bonds. The van der Waals surface area contributed by atoms with Crippen molar-refractivity contribution in [2.24, 2.45) is 16.8 Å². The van der Waals surface area contributed by atoms with Gasteiger partial charge in [0.05, 0.1) is 11.8 Å². The van der Waals surface area contributed by atoms with Crippen molar-refractivity contribution >= 4 is 27.5 Å². The summed E-state index contributed by atoms with van der Waals surface area (Å²) in [4.78, 5) is 2.23. The van der Waals surface area contributed by atoms with Crippen LogP contribution in [0.1, 0.15) is 18.9 Å². The fourth-order valence-electron chi connectivity index (χ4n) is 2.38. The van der Waals surface area contributed by atoms with Gasteiger partial charge in [0.2, 0.25) is 0 Å². The zero-order chi connectivity index (χ0) is 14.0. The van der Waals surface area contributed by atoms with Gasteiger partial charge in [0, 0.05) is 29.0 Å². The van der Waals surface area contributed by atoms with Crippen LogP contribution in [0.2, 0.25) is 0 Å². The standard InChI is InChI=1S/C13H18BrN3O2/c1-8(18)10-4-5-17(7-10)12-3-2-9(6-11(12)14)13(15)16-19/h2-3,6,8,10,18-19H,4-5,7H2,1H3,(H2,15,16). The molecule has 1 aliphatic rings. The second-order valence-corrected chi connectivity index (χ2v) is 5.74. The molecular formula is C13H18BrN3O2. The van der Waals surface area contributed by atoms with E-state index < -0.39 is 0 Å². The van der Waals surface area contributed by atoms with Crippen LogP contribution in [-0.2, 0) is 0 Å². The van der Waals surface area contributed by atoms with Crippen molar-refractivity contribution in [1.82, 2.24) is 0 Å². The molecule has 0 radical (unpaired) electrons. The number of anilines is 1. The van der Waals surface area contributed by atoms with Crippen LogP contribution < -0.4 is 10.6 Å². The maximum atomic E-state index is 9.64. The Hall–Kier alpha value is -1.27. The van der Waals surface area contributed by atoms with Crippen molar-refractivity contribution in [3.05, 3.63) is 28.2 Å². The van der Waals surface area contributed by atoms with Crippen LogP contribution in [0.4, 0.5) is 5.69 Å². The molecule has 5 nitrogen and oxygen atoms in total. The van der Waals surface area contributed by atoms with Gasteiger partial charge in [0.1, 0.15) is 0 Å². The van der Waals surface area contributed by atoms with Crippen molar-refractivity contribution < 1.29 is 10.3 Å². The molecule has 1 saturated heterocycles. The molecule has 6 heteroatoms. The summed E-state index contributed by atoms with van der Waals surface area (Å²) in [5, 5.41) is 21.3. The maximum Gasteiger partial charge on any atom is 0.170 e. The van der Waals surface area contributed by atoms with Crippen molar-refractivity contribution in [3.8, 4) is 0 Å². The topological polar surface area (TPSA) is 82.1 Å². The van der Waals surface area contributed by atoms with E-state index in [1.165, 1.54) is 0 Å². The van der Waals surface area contributed by atoms with Gasteiger partial charge in [-0.1, -0.05) is 5.16 Å². The lowest BCUT2D eigenvalue weighted by Gasteiger charge is -2.21. The van der Waals surface area contributed by atoms with Gasteiger partial charge in [-0.15, -0.1) is 0 Å². The Morgan fingerprint density at radius 2 is 2.32 bits per heavy atom. The average Bonchev–Trinajstić information content (AvgIpc) is 2.87. The summed E-state index contributed by atoms with van der Waals surface area (Å²) in [6.07, 6.45) is 0.715. The summed E-state index contributed by atoms with van der Waals surface area (Å²) < 4.78 is 0.905. The number of oxime groups is 1. The highest BCUT2D eigenvalue weighted by molar-refractivity contribution is 9.10. The number of aliphatic hydroxyl groups is 1. The molecule has 0 bridgehead atoms. The lowest BCUT2D eigenvalue weighted by molar-refractivity contribution is 0.136. The molecule has 0 aliphatic carbocycles. The third kappa shape index (κ3) is 3.01. The van der Waals surface area contributed by atoms with Crippen LogP contribution in [0.25, 0.3) is 0 Å². The first-order valence-electron chi connectivity index (χ1n) is 6.23. The molecule has 2 unspecified atom stereocenters. The molecule has 1 fully saturated rings. The fraction of sp³-hybridized carbons (Fsp3) is 0.462. The number of amidine groups is 1. The highest BCUT2D eigenvalue weighted by Crippen LogP contribution is 2.32. The second-order valence-electron chi connectivity index (χ2n) is 4.89. The van der Waals surface area contributed by atoms with Crippen LogP contribution in [-0.4, -0.2) is 35.3 Å². The van der Waals surface area contributed by atoms with Gasteiger partial charge < -0.3 is 20.9 Å². The second kappa shape index (κ2) is 5.79. The summed E-state index contributed by atoms with van der Waals surface area (Å²) >= 11 is 3.52. The summed E-state index contributed by atoms with van der Waals surface area (Å²) in [5.74, 6) is 0.408. The van der Waals surface area contributed by atoms with Crippen molar-refractivity contribution in [3.63, 3.8) is 0 Å². The minimum absolute atomic E-state index is 0.0931. The number of hydrogen-bond acceptors (Lipinski definition) is 4. The minimum atomic E-state index is -0.278. The lowest BCUT2D eigenvalue weighted by Crippen LogP contribution is -2.24. The number of nitrogens with two attached hydrogens (primary N) is 1. The molecule has 1 aliphatic heterocycles. The molecular weight excluding hydrogens is 310 g/mol. The van der Waals surface area contributed by atoms with E-state index in [4.69, 9.17) is 10.9 Å². The Balaban J connectivity index is 2.18. The minimum Gasteiger partial charge on any atom is -0.409 e. The van der Waals surface area contributed by atoms with Crippen LogP contribution in [0.15, 0.2) is 27.8 Å². The van der Waals surface area contributed by atoms with E-state index in [1.807, 2.05) is 25.1 Å². The van der Waals surface area contributed by atoms with Gasteiger partial charge in [-0.3, -0.25) is 0 Å². The highest BCUT2D eigenvalue weighted by Gasteiger charge is 2.27. The molecule has 0 aromatic heterocycles. The summed E-state index contributed by atoms with van der Waals surface area (Å²) in [5.41, 5.74) is 7.30. The van der Waals surface area contributed by atoms with E-state index in [9.17, 15) is 5.11 Å². The number of hydrogen-bond donors (Lipinski definition) is 3. The van der Waals surface area contributed by atoms with E-state index in [-0.39, 0.29) is 11.9 Å². The van der Waals surface area contributed by atoms with Crippen molar-refractivity contribution in [2.45, 2.75) is 19.4 Å². The van der Waals surface area contributed by atoms with Crippen molar-refractivity contribution in [1.29, 1.82) is 0 Å². The summed E-state index contributed by atoms with van der Waals surface area (Å²) in [6, 6.07) is 5.60. The molecule has 4 N–H and O–H groups in total. The monoisotopic (exact) mass is 327 g/mol. The molecule has 1 aromatic carbocycles. The van der Waals surface area contributed by atoms with Gasteiger partial charge in [0.15, 0.2) is 5.84 Å². The highest BCUT2D eigenvalue weighted by atomic mass is 79.9. The predicted octanol–water partition coefficient (Wildman–Crippen LogP) is 1.75. The molecule has 1 aromatic rings. The predicted molar refractivity (Wildman–Crippen MR) is 78.7 cm³/mol. The smallest absolute Gasteiger partial charge is 0.170 e. The fourth-order valence-corrected chi connectivity index (χ4v) is 3.01. The van der Waals surface area contributed by atoms with Crippen LogP contribution in [0.5, 0.6) is 0 Å². The van der Waals surface area contributed by atoms with E-state index in [1.54, 1.807) is 0 Å². The van der Waals surface area contributed by atoms with Gasteiger partial charge in [-0.2, -0.15) is 0 Å². The van der Waals surface area contributed by atoms with E-state index in [0.29, 0.717) is 11.5 Å². The first-order chi connectivity index (χ1) is 9.02. The Kier molecular flexibility index (Phi) is 4.31. The lowest BCUT2D eigenvalue weighted by atomic mass is 10.0. The zero-order valence-corrected chi connectivity index (χ0v) is 12.3. The Labute approximate surface area is 120 Å². The van der Waals surface area contributed by atoms with Crippen LogP contribution in [0.3, 0.4) is 0 Å². The molecule has 2 rings (SSSR count). The van der Waals surface area contributed by atoms with Crippen LogP contribution in [0, 0.1) is 5.92 Å². The largest absolute Gasteiger partial charge is 0.409 e. The van der Waals surface area contributed by atoms with Crippen molar-refractivity contribution in [2.75, 3.05) is 18.0 Å². The first-order valence-corrected chi connectivity index (χ1v) is 7.02. The van der Waals surface area contributed by atoms with Gasteiger partial charge >= 0.3 is 0 Å². The number of halogens is 1. The number of aliphatic hydroxyl groups excluding tert-OH is 1.